The van der Waals surface area contributed by atoms with Crippen LogP contribution in [0.15, 0.2) is 24.5 Å². The van der Waals surface area contributed by atoms with Gasteiger partial charge in [0.05, 0.1) is 23.4 Å². The zero-order valence-corrected chi connectivity index (χ0v) is 9.67. The Labute approximate surface area is 109 Å². The molecule has 0 saturated heterocycles. The zero-order chi connectivity index (χ0) is 14.3. The second-order valence-electron chi connectivity index (χ2n) is 3.83. The Kier molecular flexibility index (Phi) is 2.60. The Morgan fingerprint density at radius 3 is 2.85 bits per heavy atom. The lowest BCUT2D eigenvalue weighted by Gasteiger charge is -1.93. The van der Waals surface area contributed by atoms with Crippen molar-refractivity contribution in [1.82, 2.24) is 19.7 Å². The Morgan fingerprint density at radius 1 is 1.35 bits per heavy atom. The molecule has 1 aromatic carbocycles. The second-order valence-corrected chi connectivity index (χ2v) is 3.83. The van der Waals surface area contributed by atoms with Crippen molar-refractivity contribution in [1.29, 1.82) is 0 Å². The van der Waals surface area contributed by atoms with Gasteiger partial charge in [-0.05, 0) is 0 Å². The van der Waals surface area contributed by atoms with Crippen molar-refractivity contribution in [2.75, 3.05) is 0 Å². The van der Waals surface area contributed by atoms with Gasteiger partial charge in [0.1, 0.15) is 0 Å². The first-order valence-electron chi connectivity index (χ1n) is 5.33. The zero-order valence-electron chi connectivity index (χ0n) is 9.67. The van der Waals surface area contributed by atoms with Crippen LogP contribution in [-0.2, 0) is 0 Å². The first kappa shape index (κ1) is 12.1. The number of imidazole rings is 1. The molecule has 102 valence electrons. The van der Waals surface area contributed by atoms with Gasteiger partial charge in [-0.1, -0.05) is 0 Å². The summed E-state index contributed by atoms with van der Waals surface area (Å²) in [5.41, 5.74) is 0.505. The monoisotopic (exact) mass is 280 g/mol. The fourth-order valence-electron chi connectivity index (χ4n) is 1.68. The number of hydrogen-bond acceptors (Lipinski definition) is 4. The fraction of sp³-hybridized carbons (Fsp3) is 0. The Balaban J connectivity index is 2.01. The fourth-order valence-corrected chi connectivity index (χ4v) is 1.68. The number of rotatable bonds is 2. The van der Waals surface area contributed by atoms with Gasteiger partial charge in [0.15, 0.2) is 17.4 Å². The molecule has 0 fully saturated rings. The van der Waals surface area contributed by atoms with Crippen molar-refractivity contribution < 1.29 is 23.4 Å². The van der Waals surface area contributed by atoms with Gasteiger partial charge in [-0.2, -0.15) is 5.10 Å². The third-order valence-electron chi connectivity index (χ3n) is 2.49. The van der Waals surface area contributed by atoms with E-state index in [2.05, 4.69) is 19.8 Å². The highest BCUT2D eigenvalue weighted by Gasteiger charge is 2.11. The van der Waals surface area contributed by atoms with Gasteiger partial charge < -0.3 is 14.8 Å². The number of nitrogens with zero attached hydrogens (tertiary/aromatic N) is 3. The molecule has 2 N–H and O–H groups in total. The van der Waals surface area contributed by atoms with E-state index in [0.717, 1.165) is 12.1 Å². The summed E-state index contributed by atoms with van der Waals surface area (Å²) in [6.07, 6.45) is 0.958. The van der Waals surface area contributed by atoms with E-state index in [9.17, 15) is 13.6 Å². The topological polar surface area (TPSA) is 93.0 Å². The van der Waals surface area contributed by atoms with E-state index >= 15 is 0 Å². The third kappa shape index (κ3) is 2.05. The first-order chi connectivity index (χ1) is 9.52. The summed E-state index contributed by atoms with van der Waals surface area (Å²) in [6, 6.07) is 1.92. The van der Waals surface area contributed by atoms with Crippen LogP contribution < -0.4 is 4.74 Å². The summed E-state index contributed by atoms with van der Waals surface area (Å²) in [6.45, 7) is 0. The summed E-state index contributed by atoms with van der Waals surface area (Å²) in [4.78, 5) is 17.1. The SMILES string of the molecule is O=C(O)Oc1cnn(-c2nc3cc(F)c(F)cc3[nH]2)c1. The molecule has 0 bridgehead atoms. The quantitative estimate of drug-likeness (QED) is 0.701. The normalized spacial score (nSPS) is 10.9. The van der Waals surface area contributed by atoms with Crippen LogP contribution in [0.25, 0.3) is 17.0 Å². The highest BCUT2D eigenvalue weighted by Crippen LogP contribution is 2.19. The Hall–Kier alpha value is -2.97. The lowest BCUT2D eigenvalue weighted by Crippen LogP contribution is -2.02. The second kappa shape index (κ2) is 4.30. The predicted molar refractivity (Wildman–Crippen MR) is 61.8 cm³/mol. The van der Waals surface area contributed by atoms with Gasteiger partial charge in [0.25, 0.3) is 0 Å². The van der Waals surface area contributed by atoms with E-state index in [4.69, 9.17) is 5.11 Å². The molecule has 3 aromatic rings. The van der Waals surface area contributed by atoms with E-state index in [1.807, 2.05) is 0 Å². The number of benzene rings is 1. The number of halogens is 2. The average Bonchev–Trinajstić information content (AvgIpc) is 2.95. The molecule has 20 heavy (non-hydrogen) atoms. The summed E-state index contributed by atoms with van der Waals surface area (Å²) < 4.78 is 31.7. The van der Waals surface area contributed by atoms with Crippen molar-refractivity contribution in [2.24, 2.45) is 0 Å². The van der Waals surface area contributed by atoms with Crippen LogP contribution in [0, 0.1) is 11.6 Å². The Bertz CT molecular complexity index is 772. The van der Waals surface area contributed by atoms with Crippen LogP contribution in [0.4, 0.5) is 13.6 Å². The molecule has 3 rings (SSSR count). The third-order valence-corrected chi connectivity index (χ3v) is 2.49. The predicted octanol–water partition coefficient (Wildman–Crippen LogP) is 2.08. The molecule has 2 aromatic heterocycles. The molecule has 2 heterocycles. The maximum atomic E-state index is 13.1. The Morgan fingerprint density at radius 2 is 2.10 bits per heavy atom. The van der Waals surface area contributed by atoms with Crippen molar-refractivity contribution in [3.8, 4) is 11.7 Å². The maximum Gasteiger partial charge on any atom is 0.511 e. The molecular weight excluding hydrogens is 274 g/mol. The molecular formula is C11H6F2N4O3. The lowest BCUT2D eigenvalue weighted by molar-refractivity contribution is 0.144. The van der Waals surface area contributed by atoms with Crippen molar-refractivity contribution in [3.05, 3.63) is 36.2 Å². The number of carbonyl (C=O) groups is 1. The molecule has 0 radical (unpaired) electrons. The van der Waals surface area contributed by atoms with Crippen molar-refractivity contribution in [2.45, 2.75) is 0 Å². The van der Waals surface area contributed by atoms with Crippen molar-refractivity contribution in [3.63, 3.8) is 0 Å². The number of nitrogens with one attached hydrogen (secondary N) is 1. The number of carboxylic acid groups (broad SMARTS) is 1. The molecule has 0 atom stereocenters. The molecule has 0 aliphatic rings. The minimum atomic E-state index is -1.47. The molecule has 0 spiro atoms. The highest BCUT2D eigenvalue weighted by atomic mass is 19.2. The maximum absolute atomic E-state index is 13.1. The molecule has 0 aliphatic heterocycles. The highest BCUT2D eigenvalue weighted by molar-refractivity contribution is 5.76. The van der Waals surface area contributed by atoms with Crippen LogP contribution in [-0.4, -0.2) is 31.0 Å². The molecule has 9 heteroatoms. The van der Waals surface area contributed by atoms with E-state index in [1.54, 1.807) is 0 Å². The molecule has 0 amide bonds. The van der Waals surface area contributed by atoms with Gasteiger partial charge in [0, 0.05) is 12.1 Å². The molecule has 0 saturated carbocycles. The van der Waals surface area contributed by atoms with Crippen LogP contribution in [0.5, 0.6) is 5.75 Å². The summed E-state index contributed by atoms with van der Waals surface area (Å²) in [5, 5.41) is 12.3. The van der Waals surface area contributed by atoms with Crippen LogP contribution >= 0.6 is 0 Å². The minimum Gasteiger partial charge on any atom is -0.449 e. The summed E-state index contributed by atoms with van der Waals surface area (Å²) >= 11 is 0. The van der Waals surface area contributed by atoms with E-state index in [-0.39, 0.29) is 22.7 Å². The van der Waals surface area contributed by atoms with Crippen LogP contribution in [0.1, 0.15) is 0 Å². The number of ether oxygens (including phenoxy) is 1. The van der Waals surface area contributed by atoms with Gasteiger partial charge in [-0.3, -0.25) is 0 Å². The van der Waals surface area contributed by atoms with Crippen molar-refractivity contribution >= 4 is 17.2 Å². The standard InChI is InChI=1S/C11H6F2N4O3/c12-6-1-8-9(2-7(6)13)16-10(15-8)17-4-5(3-14-17)20-11(18)19/h1-4H,(H,15,16)(H,18,19). The summed E-state index contributed by atoms with van der Waals surface area (Å²) in [5.74, 6) is -1.84. The smallest absolute Gasteiger partial charge is 0.449 e. The summed E-state index contributed by atoms with van der Waals surface area (Å²) in [7, 11) is 0. The number of aromatic nitrogens is 4. The van der Waals surface area contributed by atoms with Crippen LogP contribution in [0.2, 0.25) is 0 Å². The van der Waals surface area contributed by atoms with E-state index in [1.165, 1.54) is 17.1 Å². The molecule has 7 nitrogen and oxygen atoms in total. The molecule has 0 unspecified atom stereocenters. The van der Waals surface area contributed by atoms with Gasteiger partial charge in [-0.25, -0.2) is 23.2 Å². The number of hydrogen-bond donors (Lipinski definition) is 2. The minimum absolute atomic E-state index is 0.00434. The first-order valence-corrected chi connectivity index (χ1v) is 5.33. The number of fused-ring (bicyclic) bond motifs is 1. The largest absolute Gasteiger partial charge is 0.511 e. The van der Waals surface area contributed by atoms with E-state index < -0.39 is 17.8 Å². The van der Waals surface area contributed by atoms with Crippen LogP contribution in [0.3, 0.4) is 0 Å². The van der Waals surface area contributed by atoms with Gasteiger partial charge in [0.2, 0.25) is 5.95 Å². The lowest BCUT2D eigenvalue weighted by atomic mass is 10.3. The van der Waals surface area contributed by atoms with Gasteiger partial charge >= 0.3 is 6.16 Å². The number of H-pyrrole nitrogens is 1. The average molecular weight is 280 g/mol. The molecule has 0 aliphatic carbocycles. The number of aromatic amines is 1. The van der Waals surface area contributed by atoms with Gasteiger partial charge in [-0.15, -0.1) is 0 Å². The van der Waals surface area contributed by atoms with E-state index in [0.29, 0.717) is 0 Å².